The SMILES string of the molecule is CC(C)CC(Cl)Cc1ccn2nccc2n1. The van der Waals surface area contributed by atoms with E-state index in [9.17, 15) is 0 Å². The van der Waals surface area contributed by atoms with Crippen LogP contribution in [0, 0.1) is 5.92 Å². The van der Waals surface area contributed by atoms with Gasteiger partial charge < -0.3 is 0 Å². The van der Waals surface area contributed by atoms with Gasteiger partial charge in [0.25, 0.3) is 0 Å². The second-order valence-electron chi connectivity index (χ2n) is 4.48. The average molecular weight is 238 g/mol. The minimum atomic E-state index is 0.165. The number of rotatable bonds is 4. The number of hydrogen-bond donors (Lipinski definition) is 0. The lowest BCUT2D eigenvalue weighted by atomic mass is 10.0. The van der Waals surface area contributed by atoms with Crippen molar-refractivity contribution in [2.75, 3.05) is 0 Å². The number of aromatic nitrogens is 3. The first-order chi connectivity index (χ1) is 7.65. The molecule has 0 saturated heterocycles. The van der Waals surface area contributed by atoms with E-state index in [1.54, 1.807) is 10.7 Å². The van der Waals surface area contributed by atoms with Gasteiger partial charge in [-0.15, -0.1) is 11.6 Å². The van der Waals surface area contributed by atoms with Crippen LogP contribution in [0.1, 0.15) is 26.0 Å². The van der Waals surface area contributed by atoms with Crippen molar-refractivity contribution < 1.29 is 0 Å². The molecular weight excluding hydrogens is 222 g/mol. The molecule has 86 valence electrons. The minimum absolute atomic E-state index is 0.165. The third-order valence-electron chi connectivity index (χ3n) is 2.47. The lowest BCUT2D eigenvalue weighted by molar-refractivity contribution is 0.559. The van der Waals surface area contributed by atoms with Crippen LogP contribution >= 0.6 is 11.6 Å². The summed E-state index contributed by atoms with van der Waals surface area (Å²) in [5.41, 5.74) is 1.92. The summed E-state index contributed by atoms with van der Waals surface area (Å²) < 4.78 is 1.76. The van der Waals surface area contributed by atoms with E-state index in [0.717, 1.165) is 24.2 Å². The van der Waals surface area contributed by atoms with Crippen molar-refractivity contribution in [2.24, 2.45) is 5.92 Å². The van der Waals surface area contributed by atoms with Crippen LogP contribution in [0.2, 0.25) is 0 Å². The predicted octanol–water partition coefficient (Wildman–Crippen LogP) is 2.93. The molecular formula is C12H16ClN3. The van der Waals surface area contributed by atoms with Crippen LogP contribution in [-0.2, 0) is 6.42 Å². The fraction of sp³-hybridized carbons (Fsp3) is 0.500. The molecule has 2 heterocycles. The zero-order chi connectivity index (χ0) is 11.5. The van der Waals surface area contributed by atoms with Crippen LogP contribution in [0.25, 0.3) is 5.65 Å². The Balaban J connectivity index is 2.08. The molecule has 3 nitrogen and oxygen atoms in total. The third kappa shape index (κ3) is 2.73. The summed E-state index contributed by atoms with van der Waals surface area (Å²) in [6.45, 7) is 4.37. The first kappa shape index (κ1) is 11.4. The maximum Gasteiger partial charge on any atom is 0.155 e. The van der Waals surface area contributed by atoms with Crippen LogP contribution < -0.4 is 0 Å². The highest BCUT2D eigenvalue weighted by molar-refractivity contribution is 6.20. The molecule has 2 aromatic heterocycles. The van der Waals surface area contributed by atoms with Gasteiger partial charge in [-0.1, -0.05) is 13.8 Å². The summed E-state index contributed by atoms with van der Waals surface area (Å²) in [5.74, 6) is 0.626. The van der Waals surface area contributed by atoms with Crippen LogP contribution in [0.5, 0.6) is 0 Å². The smallest absolute Gasteiger partial charge is 0.155 e. The van der Waals surface area contributed by atoms with Gasteiger partial charge in [-0.2, -0.15) is 5.10 Å². The van der Waals surface area contributed by atoms with Gasteiger partial charge in [0.05, 0.1) is 6.20 Å². The maximum absolute atomic E-state index is 6.27. The number of hydrogen-bond acceptors (Lipinski definition) is 2. The lowest BCUT2D eigenvalue weighted by Gasteiger charge is -2.11. The molecule has 1 atom stereocenters. The minimum Gasteiger partial charge on any atom is -0.234 e. The van der Waals surface area contributed by atoms with Crippen molar-refractivity contribution in [3.8, 4) is 0 Å². The Morgan fingerprint density at radius 1 is 1.38 bits per heavy atom. The lowest BCUT2D eigenvalue weighted by Crippen LogP contribution is -2.08. The molecule has 0 spiro atoms. The number of halogens is 1. The summed E-state index contributed by atoms with van der Waals surface area (Å²) in [5, 5.41) is 4.27. The van der Waals surface area contributed by atoms with Crippen molar-refractivity contribution in [1.82, 2.24) is 14.6 Å². The highest BCUT2D eigenvalue weighted by Gasteiger charge is 2.09. The molecule has 0 saturated carbocycles. The van der Waals surface area contributed by atoms with E-state index >= 15 is 0 Å². The first-order valence-electron chi connectivity index (χ1n) is 5.58. The maximum atomic E-state index is 6.27. The molecule has 0 aromatic carbocycles. The molecule has 0 fully saturated rings. The van der Waals surface area contributed by atoms with Gasteiger partial charge in [0.2, 0.25) is 0 Å². The second kappa shape index (κ2) is 4.83. The van der Waals surface area contributed by atoms with Crippen molar-refractivity contribution in [3.05, 3.63) is 30.2 Å². The van der Waals surface area contributed by atoms with Crippen molar-refractivity contribution in [2.45, 2.75) is 32.1 Å². The van der Waals surface area contributed by atoms with E-state index in [1.807, 2.05) is 18.3 Å². The molecule has 0 aliphatic rings. The van der Waals surface area contributed by atoms with Gasteiger partial charge in [-0.25, -0.2) is 9.50 Å². The Morgan fingerprint density at radius 2 is 2.19 bits per heavy atom. The van der Waals surface area contributed by atoms with Crippen LogP contribution in [-0.4, -0.2) is 20.0 Å². The molecule has 1 unspecified atom stereocenters. The third-order valence-corrected chi connectivity index (χ3v) is 2.81. The Hall–Kier alpha value is -1.09. The predicted molar refractivity (Wildman–Crippen MR) is 65.8 cm³/mol. The highest BCUT2D eigenvalue weighted by Crippen LogP contribution is 2.15. The van der Waals surface area contributed by atoms with Crippen molar-refractivity contribution in [1.29, 1.82) is 0 Å². The average Bonchev–Trinajstić information content (AvgIpc) is 2.63. The molecule has 0 aliphatic heterocycles. The van der Waals surface area contributed by atoms with E-state index in [0.29, 0.717) is 5.92 Å². The summed E-state index contributed by atoms with van der Waals surface area (Å²) in [4.78, 5) is 4.50. The van der Waals surface area contributed by atoms with Gasteiger partial charge in [0.1, 0.15) is 0 Å². The van der Waals surface area contributed by atoms with Crippen molar-refractivity contribution in [3.63, 3.8) is 0 Å². The van der Waals surface area contributed by atoms with E-state index in [2.05, 4.69) is 23.9 Å². The monoisotopic (exact) mass is 237 g/mol. The number of nitrogens with zero attached hydrogens (tertiary/aromatic N) is 3. The molecule has 0 bridgehead atoms. The molecule has 2 rings (SSSR count). The summed E-state index contributed by atoms with van der Waals surface area (Å²) in [6, 6.07) is 3.88. The Bertz CT molecular complexity index is 464. The molecule has 16 heavy (non-hydrogen) atoms. The fourth-order valence-corrected chi connectivity index (χ4v) is 2.30. The zero-order valence-electron chi connectivity index (χ0n) is 9.60. The topological polar surface area (TPSA) is 30.2 Å². The zero-order valence-corrected chi connectivity index (χ0v) is 10.4. The second-order valence-corrected chi connectivity index (χ2v) is 5.10. The van der Waals surface area contributed by atoms with Crippen LogP contribution in [0.15, 0.2) is 24.5 Å². The molecule has 0 radical (unpaired) electrons. The quantitative estimate of drug-likeness (QED) is 0.766. The van der Waals surface area contributed by atoms with Gasteiger partial charge in [-0.3, -0.25) is 0 Å². The summed E-state index contributed by atoms with van der Waals surface area (Å²) >= 11 is 6.27. The largest absolute Gasteiger partial charge is 0.234 e. The number of alkyl halides is 1. The summed E-state index contributed by atoms with van der Waals surface area (Å²) in [6.07, 6.45) is 5.52. The standard InChI is InChI=1S/C12H16ClN3/c1-9(2)7-10(13)8-11-4-6-16-12(15-11)3-5-14-16/h3-6,9-10H,7-8H2,1-2H3. The Kier molecular flexibility index (Phi) is 3.44. The Morgan fingerprint density at radius 3 is 2.94 bits per heavy atom. The molecule has 4 heteroatoms. The van der Waals surface area contributed by atoms with Gasteiger partial charge >= 0.3 is 0 Å². The fourth-order valence-electron chi connectivity index (χ4n) is 1.79. The van der Waals surface area contributed by atoms with Crippen LogP contribution in [0.4, 0.5) is 0 Å². The van der Waals surface area contributed by atoms with Crippen molar-refractivity contribution >= 4 is 17.2 Å². The van der Waals surface area contributed by atoms with E-state index < -0.39 is 0 Å². The van der Waals surface area contributed by atoms with E-state index in [-0.39, 0.29) is 5.38 Å². The Labute approximate surface area is 100 Å². The highest BCUT2D eigenvalue weighted by atomic mass is 35.5. The normalized spacial score (nSPS) is 13.5. The van der Waals surface area contributed by atoms with E-state index in [1.165, 1.54) is 0 Å². The van der Waals surface area contributed by atoms with Gasteiger partial charge in [-0.05, 0) is 18.4 Å². The summed E-state index contributed by atoms with van der Waals surface area (Å²) in [7, 11) is 0. The number of fused-ring (bicyclic) bond motifs is 1. The molecule has 0 N–H and O–H groups in total. The molecule has 0 amide bonds. The van der Waals surface area contributed by atoms with Gasteiger partial charge in [0, 0.05) is 29.8 Å². The molecule has 0 aliphatic carbocycles. The van der Waals surface area contributed by atoms with E-state index in [4.69, 9.17) is 11.6 Å². The first-order valence-corrected chi connectivity index (χ1v) is 6.02. The molecule has 2 aromatic rings. The van der Waals surface area contributed by atoms with Crippen LogP contribution in [0.3, 0.4) is 0 Å². The van der Waals surface area contributed by atoms with Gasteiger partial charge in [0.15, 0.2) is 5.65 Å².